The first-order chi connectivity index (χ1) is 46.5. The van der Waals surface area contributed by atoms with Crippen LogP contribution in [0.15, 0.2) is 168 Å². The second-order valence-corrected chi connectivity index (χ2v) is 24.2. The molecule has 6 aromatic rings. The van der Waals surface area contributed by atoms with Crippen molar-refractivity contribution in [1.82, 2.24) is 9.97 Å². The van der Waals surface area contributed by atoms with Gasteiger partial charge in [-0.25, -0.2) is 9.97 Å². The first-order valence-corrected chi connectivity index (χ1v) is 35.4. The van der Waals surface area contributed by atoms with E-state index in [1.54, 1.807) is 0 Å². The molecule has 0 fully saturated rings. The molecule has 5 aromatic carbocycles. The highest BCUT2D eigenvalue weighted by Gasteiger charge is 2.22. The summed E-state index contributed by atoms with van der Waals surface area (Å²) in [6.07, 6.45) is 36.6. The van der Waals surface area contributed by atoms with E-state index in [-0.39, 0.29) is 20.1 Å². The number of benzene rings is 5. The van der Waals surface area contributed by atoms with Gasteiger partial charge in [0.1, 0.15) is 29.3 Å². The molecule has 6 rings (SSSR count). The lowest BCUT2D eigenvalue weighted by Crippen LogP contribution is -2.27. The van der Waals surface area contributed by atoms with E-state index < -0.39 is 0 Å². The molecule has 0 atom stereocenters. The van der Waals surface area contributed by atoms with Gasteiger partial charge in [-0.3, -0.25) is 0 Å². The van der Waals surface area contributed by atoms with Crippen molar-refractivity contribution in [3.8, 4) is 51.5 Å². The van der Waals surface area contributed by atoms with Crippen LogP contribution in [-0.4, -0.2) is 115 Å². The van der Waals surface area contributed by atoms with Crippen LogP contribution in [0, 0.1) is 22.7 Å². The molecule has 0 saturated carbocycles. The molecule has 5 nitrogen and oxygen atoms in total. The van der Waals surface area contributed by atoms with Crippen molar-refractivity contribution >= 4 is 98.6 Å². The Kier molecular flexibility index (Phi) is 50.2. The fourth-order valence-corrected chi connectivity index (χ4v) is 10.6. The smallest absolute Gasteiger partial charge is 0.159 e. The van der Waals surface area contributed by atoms with Crippen LogP contribution < -0.4 is 4.74 Å². The Labute approximate surface area is 593 Å². The Morgan fingerprint density at radius 3 is 1.02 bits per heavy atom. The quantitative estimate of drug-likeness (QED) is 0.0218. The summed E-state index contributed by atoms with van der Waals surface area (Å²) in [5.74, 6) is 6.19. The molecule has 20 radical (unpaired) electrons. The second-order valence-electron chi connectivity index (χ2n) is 24.2. The third-order valence-electron chi connectivity index (χ3n) is 16.9. The van der Waals surface area contributed by atoms with Gasteiger partial charge in [-0.15, -0.1) is 71.7 Å². The van der Waals surface area contributed by atoms with Crippen molar-refractivity contribution in [2.24, 2.45) is 0 Å². The number of aromatic nitrogens is 2. The van der Waals surface area contributed by atoms with Crippen molar-refractivity contribution < 1.29 is 4.74 Å². The van der Waals surface area contributed by atoms with Gasteiger partial charge in [0, 0.05) is 18.0 Å². The van der Waals surface area contributed by atoms with Gasteiger partial charge in [-0.1, -0.05) is 210 Å². The molecule has 95 heavy (non-hydrogen) atoms. The molecule has 0 N–H and O–H groups in total. The van der Waals surface area contributed by atoms with Crippen molar-refractivity contribution in [2.45, 2.75) is 219 Å². The SMILES string of the molecule is CCCCCCCCOc1ccc(-c2ncc(CCCCCCC)cn2)cc1.CCCCCCCCc1ccc(-c2ccc(C#N)cc2)cc1.CCCCCc1ccc(-c2ccc(C#N)cc2)cc1.[B]/C=C(B(C[B])C[B])/C(=C/[B])B(C[B])C[B].[B]/C=C(\C[B])B(C[B])C[B]. The van der Waals surface area contributed by atoms with E-state index in [1.807, 2.05) is 73.1 Å². The molecule has 18 heteroatoms. The summed E-state index contributed by atoms with van der Waals surface area (Å²) in [4.78, 5) is 9.11. The number of nitriles is 2. The van der Waals surface area contributed by atoms with E-state index in [0.29, 0.717) is 54.8 Å². The Morgan fingerprint density at radius 2 is 0.695 bits per heavy atom. The van der Waals surface area contributed by atoms with Crippen LogP contribution in [0.3, 0.4) is 0 Å². The Hall–Kier alpha value is -5.98. The first kappa shape index (κ1) is 85.1. The summed E-state index contributed by atoms with van der Waals surface area (Å²) >= 11 is 0. The lowest BCUT2D eigenvalue weighted by molar-refractivity contribution is 0.304. The summed E-state index contributed by atoms with van der Waals surface area (Å²) in [5.41, 5.74) is 13.9. The van der Waals surface area contributed by atoms with E-state index in [0.717, 1.165) is 53.0 Å². The van der Waals surface area contributed by atoms with Gasteiger partial charge in [-0.2, -0.15) is 10.5 Å². The number of aryl methyl sites for hydroxylation is 3. The van der Waals surface area contributed by atoms with Gasteiger partial charge in [0.25, 0.3) is 0 Å². The molecule has 472 valence electrons. The normalized spacial score (nSPS) is 10.9. The summed E-state index contributed by atoms with van der Waals surface area (Å²) in [5, 5.41) is 17.6. The maximum absolute atomic E-state index is 8.84. The predicted molar refractivity (Wildman–Crippen MR) is 425 cm³/mol. The van der Waals surface area contributed by atoms with E-state index in [2.05, 4.69) is 110 Å². The van der Waals surface area contributed by atoms with Gasteiger partial charge >= 0.3 is 0 Å². The number of rotatable bonds is 39. The number of nitrogens with zero attached hydrogens (tertiary/aromatic N) is 4. The summed E-state index contributed by atoms with van der Waals surface area (Å²) in [6, 6.07) is 45.6. The largest absolute Gasteiger partial charge is 0.494 e. The third-order valence-corrected chi connectivity index (χ3v) is 16.9. The molecule has 0 aliphatic heterocycles. The maximum atomic E-state index is 8.84. The molecule has 0 spiro atoms. The van der Waals surface area contributed by atoms with Crippen molar-refractivity contribution in [2.75, 3.05) is 6.61 Å². The van der Waals surface area contributed by atoms with Crippen LogP contribution in [0.4, 0.5) is 0 Å². The van der Waals surface area contributed by atoms with Crippen LogP contribution in [0.25, 0.3) is 33.6 Å². The van der Waals surface area contributed by atoms with Gasteiger partial charge in [-0.05, 0) is 132 Å². The van der Waals surface area contributed by atoms with Crippen molar-refractivity contribution in [3.63, 3.8) is 0 Å². The van der Waals surface area contributed by atoms with E-state index in [4.69, 9.17) is 93.7 Å². The lowest BCUT2D eigenvalue weighted by atomic mass is 9.23. The number of hydrogen-bond donors (Lipinski definition) is 0. The molecule has 0 saturated heterocycles. The van der Waals surface area contributed by atoms with Gasteiger partial charge in [0.15, 0.2) is 26.0 Å². The molecular weight excluding hydrogens is 1140 g/mol. The third kappa shape index (κ3) is 35.7. The number of ether oxygens (including phenoxy) is 1. The average molecular weight is 1240 g/mol. The van der Waals surface area contributed by atoms with Crippen molar-refractivity contribution in [1.29, 1.82) is 10.5 Å². The molecule has 0 amide bonds. The number of unbranched alkanes of at least 4 members (excludes halogenated alkanes) is 16. The first-order valence-electron chi connectivity index (χ1n) is 35.4. The fourth-order valence-electron chi connectivity index (χ4n) is 10.6. The van der Waals surface area contributed by atoms with Gasteiger partial charge in [0.05, 0.1) is 84.8 Å². The van der Waals surface area contributed by atoms with Crippen LogP contribution in [0.1, 0.15) is 184 Å². The fraction of sp³-hybridized carbons (Fsp3) is 0.455. The lowest BCUT2D eigenvalue weighted by Gasteiger charge is -2.23. The van der Waals surface area contributed by atoms with Gasteiger partial charge in [0.2, 0.25) is 0 Å². The van der Waals surface area contributed by atoms with Crippen LogP contribution >= 0.6 is 0 Å². The minimum Gasteiger partial charge on any atom is -0.494 e. The van der Waals surface area contributed by atoms with Gasteiger partial charge < -0.3 is 4.74 Å². The minimum absolute atomic E-state index is 0.0135. The molecule has 1 aromatic heterocycles. The molecule has 0 unspecified atom stereocenters. The number of allylic oxidation sites excluding steroid dienone is 3. The average Bonchev–Trinajstić information content (AvgIpc) is 1.13. The second kappa shape index (κ2) is 56.1. The van der Waals surface area contributed by atoms with E-state index >= 15 is 0 Å². The summed E-state index contributed by atoms with van der Waals surface area (Å²) in [6.45, 7) is 9.91. The zero-order valence-corrected chi connectivity index (χ0v) is 58.6. The summed E-state index contributed by atoms with van der Waals surface area (Å²) in [7, 11) is 55.2. The standard InChI is InChI=1S/C25H38N2O.C21H25N.C18H19N.C8H10B8.C5H7B5/c1-3-5-7-9-11-13-19-28-24-17-15-23(16-18-24)25-26-20-22(21-27-25)14-12-10-8-6-4-2;1-2-3-4-5-6-7-8-18-9-13-20(14-10-18)21-15-11-19(17-22)12-16-21;1-2-3-4-5-15-6-10-17(11-7-15)18-12-8-16(14-19)9-13-18;9-1-7(15(3-11)4-12)8(2-10)16(5-13)6-14;6-1-5(2-7)10(3-8)4-9/h15-18,20-21H,3-14,19H2,1-2H3;9-16H,2-8H2,1H3;6-13H,2-5H2,1H3;1-2H,3-6H2;1H,2-4H2/b;;;7-1-,8-2-;5-1+. The van der Waals surface area contributed by atoms with Crippen LogP contribution in [-0.2, 0) is 19.3 Å². The van der Waals surface area contributed by atoms with Crippen LogP contribution in [0.2, 0.25) is 43.6 Å². The van der Waals surface area contributed by atoms with Crippen LogP contribution in [0.5, 0.6) is 5.75 Å². The molecule has 0 bridgehead atoms. The molecular formula is C77H99B13N4O. The summed E-state index contributed by atoms with van der Waals surface area (Å²) < 4.78 is 5.85. The highest BCUT2D eigenvalue weighted by atomic mass is 16.5. The highest BCUT2D eigenvalue weighted by molar-refractivity contribution is 6.85. The zero-order chi connectivity index (χ0) is 69.5. The maximum Gasteiger partial charge on any atom is 0.159 e. The highest BCUT2D eigenvalue weighted by Crippen LogP contribution is 2.26. The predicted octanol–water partition coefficient (Wildman–Crippen LogP) is 18.1. The number of hydrogen-bond acceptors (Lipinski definition) is 5. The topological polar surface area (TPSA) is 82.6 Å². The Morgan fingerprint density at radius 1 is 0.379 bits per heavy atom. The van der Waals surface area contributed by atoms with Crippen molar-refractivity contribution in [3.05, 3.63) is 196 Å². The van der Waals surface area contributed by atoms with E-state index in [9.17, 15) is 0 Å². The monoisotopic (exact) mass is 1240 g/mol. The molecule has 0 aliphatic carbocycles. The molecule has 0 aliphatic rings. The zero-order valence-electron chi connectivity index (χ0n) is 58.6. The minimum atomic E-state index is -0.0135. The molecule has 1 heterocycles. The van der Waals surface area contributed by atoms with E-state index in [1.165, 1.54) is 192 Å². The Balaban J connectivity index is 0.000000418. The Bertz CT molecular complexity index is 3000.